The highest BCUT2D eigenvalue weighted by molar-refractivity contribution is 6.03. The van der Waals surface area contributed by atoms with E-state index in [-0.39, 0.29) is 5.56 Å². The quantitative estimate of drug-likeness (QED) is 0.631. The molecule has 1 aliphatic rings. The van der Waals surface area contributed by atoms with Gasteiger partial charge in [0.25, 0.3) is 0 Å². The zero-order valence-corrected chi connectivity index (χ0v) is 13.6. The second kappa shape index (κ2) is 6.83. The zero-order chi connectivity index (χ0) is 17.1. The molecule has 0 saturated carbocycles. The van der Waals surface area contributed by atoms with E-state index in [1.165, 1.54) is 18.2 Å². The predicted octanol–water partition coefficient (Wildman–Crippen LogP) is 4.04. The molecule has 0 N–H and O–H groups in total. The summed E-state index contributed by atoms with van der Waals surface area (Å²) in [5.74, 6) is -0.580. The first-order chi connectivity index (χ1) is 11.6. The molecule has 2 aromatic rings. The molecule has 3 rings (SSSR count). The Morgan fingerprint density at radius 3 is 2.71 bits per heavy atom. The topological polar surface area (TPSA) is 47.9 Å². The number of hydrogen-bond donors (Lipinski definition) is 0. The Bertz CT molecular complexity index is 814. The van der Waals surface area contributed by atoms with Crippen LogP contribution < -0.4 is 4.74 Å². The molecule has 0 amide bonds. The van der Waals surface area contributed by atoms with Gasteiger partial charge in [-0.3, -0.25) is 0 Å². The normalized spacial score (nSPS) is 15.0. The molecule has 0 aromatic heterocycles. The number of rotatable bonds is 3. The smallest absolute Gasteiger partial charge is 0.368 e. The Balaban J connectivity index is 1.87. The van der Waals surface area contributed by atoms with Gasteiger partial charge >= 0.3 is 5.97 Å². The number of carbonyl (C=O) groups is 1. The van der Waals surface area contributed by atoms with E-state index in [9.17, 15) is 9.18 Å². The number of fused-ring (bicyclic) bond motifs is 1. The van der Waals surface area contributed by atoms with Crippen molar-refractivity contribution in [1.29, 1.82) is 0 Å². The van der Waals surface area contributed by atoms with E-state index in [1.807, 2.05) is 19.1 Å². The molecular weight excluding hydrogens is 309 g/mol. The van der Waals surface area contributed by atoms with E-state index in [1.54, 1.807) is 13.2 Å². The van der Waals surface area contributed by atoms with E-state index < -0.39 is 11.8 Å². The van der Waals surface area contributed by atoms with Gasteiger partial charge in [0.15, 0.2) is 0 Å². The van der Waals surface area contributed by atoms with Crippen LogP contribution in [0, 0.1) is 12.7 Å². The van der Waals surface area contributed by atoms with Crippen LogP contribution in [-0.2, 0) is 11.3 Å². The second-order valence-corrected chi connectivity index (χ2v) is 5.67. The molecule has 1 aliphatic carbocycles. The summed E-state index contributed by atoms with van der Waals surface area (Å²) in [5.41, 5.74) is 3.76. The van der Waals surface area contributed by atoms with Gasteiger partial charge in [0.2, 0.25) is 0 Å². The van der Waals surface area contributed by atoms with Gasteiger partial charge in [0.1, 0.15) is 11.6 Å². The van der Waals surface area contributed by atoms with Crippen LogP contribution in [0.2, 0.25) is 0 Å². The van der Waals surface area contributed by atoms with Gasteiger partial charge in [0.05, 0.1) is 18.4 Å². The number of benzene rings is 2. The zero-order valence-electron chi connectivity index (χ0n) is 13.6. The fraction of sp³-hybridized carbons (Fsp3) is 0.263. The number of hydrogen-bond acceptors (Lipinski definition) is 4. The van der Waals surface area contributed by atoms with E-state index in [0.29, 0.717) is 12.1 Å². The van der Waals surface area contributed by atoms with Crippen molar-refractivity contribution in [3.05, 3.63) is 64.5 Å². The van der Waals surface area contributed by atoms with Gasteiger partial charge in [-0.25, -0.2) is 9.18 Å². The molecule has 0 unspecified atom stereocenters. The number of halogens is 1. The molecule has 0 fully saturated rings. The monoisotopic (exact) mass is 327 g/mol. The number of nitrogens with zero attached hydrogens (tertiary/aromatic N) is 1. The van der Waals surface area contributed by atoms with Crippen molar-refractivity contribution in [2.45, 2.75) is 26.2 Å². The van der Waals surface area contributed by atoms with E-state index in [2.05, 4.69) is 5.16 Å². The summed E-state index contributed by atoms with van der Waals surface area (Å²) < 4.78 is 19.0. The van der Waals surface area contributed by atoms with Crippen molar-refractivity contribution < 1.29 is 18.8 Å². The lowest BCUT2D eigenvalue weighted by atomic mass is 9.87. The summed E-state index contributed by atoms with van der Waals surface area (Å²) in [6, 6.07) is 9.50. The number of ether oxygens (including phenoxy) is 1. The summed E-state index contributed by atoms with van der Waals surface area (Å²) in [6.07, 6.45) is 2.55. The van der Waals surface area contributed by atoms with Crippen molar-refractivity contribution >= 4 is 11.7 Å². The van der Waals surface area contributed by atoms with Crippen LogP contribution in [0.25, 0.3) is 0 Å². The Hall–Kier alpha value is -2.69. The van der Waals surface area contributed by atoms with Crippen molar-refractivity contribution in [2.75, 3.05) is 7.11 Å². The van der Waals surface area contributed by atoms with Crippen LogP contribution in [0.15, 0.2) is 41.6 Å². The molecule has 124 valence electrons. The first-order valence-electron chi connectivity index (χ1n) is 7.81. The highest BCUT2D eigenvalue weighted by atomic mass is 19.1. The maximum atomic E-state index is 13.6. The van der Waals surface area contributed by atoms with Crippen LogP contribution in [0.3, 0.4) is 0 Å². The molecule has 0 saturated heterocycles. The third-order valence-electron chi connectivity index (χ3n) is 4.25. The largest absolute Gasteiger partial charge is 0.496 e. The lowest BCUT2D eigenvalue weighted by molar-refractivity contribution is 0.0510. The molecule has 0 radical (unpaired) electrons. The Labute approximate surface area is 139 Å². The van der Waals surface area contributed by atoms with Gasteiger partial charge in [0, 0.05) is 5.56 Å². The summed E-state index contributed by atoms with van der Waals surface area (Å²) in [6.45, 7) is 2.01. The highest BCUT2D eigenvalue weighted by Gasteiger charge is 2.21. The van der Waals surface area contributed by atoms with Crippen LogP contribution in [0.4, 0.5) is 4.39 Å². The van der Waals surface area contributed by atoms with E-state index in [0.717, 1.165) is 35.3 Å². The number of methoxy groups -OCH3 is 1. The van der Waals surface area contributed by atoms with Crippen LogP contribution in [-0.4, -0.2) is 18.8 Å². The fourth-order valence-corrected chi connectivity index (χ4v) is 2.98. The maximum absolute atomic E-state index is 13.6. The minimum absolute atomic E-state index is 0.121. The lowest BCUT2D eigenvalue weighted by Crippen LogP contribution is -2.15. The predicted molar refractivity (Wildman–Crippen MR) is 89.0 cm³/mol. The first kappa shape index (κ1) is 16.2. The van der Waals surface area contributed by atoms with E-state index >= 15 is 0 Å². The Morgan fingerprint density at radius 2 is 1.96 bits per heavy atom. The summed E-state index contributed by atoms with van der Waals surface area (Å²) in [7, 11) is 1.64. The first-order valence-corrected chi connectivity index (χ1v) is 7.81. The molecule has 4 nitrogen and oxygen atoms in total. The molecule has 0 heterocycles. The molecule has 5 heteroatoms. The van der Waals surface area contributed by atoms with Crippen molar-refractivity contribution in [2.24, 2.45) is 5.16 Å². The SMILES string of the molecule is COc1ccc2c(c1C)CCCC2=NOC(=O)c1ccccc1F. The molecule has 0 aliphatic heterocycles. The van der Waals surface area contributed by atoms with Crippen LogP contribution in [0.5, 0.6) is 5.75 Å². The maximum Gasteiger partial charge on any atom is 0.368 e. The average Bonchev–Trinajstić information content (AvgIpc) is 2.60. The highest BCUT2D eigenvalue weighted by Crippen LogP contribution is 2.30. The van der Waals surface area contributed by atoms with Crippen molar-refractivity contribution in [3.63, 3.8) is 0 Å². The van der Waals surface area contributed by atoms with Crippen LogP contribution in [0.1, 0.15) is 39.9 Å². The van der Waals surface area contributed by atoms with Gasteiger partial charge in [-0.1, -0.05) is 17.3 Å². The van der Waals surface area contributed by atoms with Gasteiger partial charge < -0.3 is 9.57 Å². The van der Waals surface area contributed by atoms with Gasteiger partial charge in [-0.05, 0) is 61.6 Å². The molecular formula is C19H18FNO3. The van der Waals surface area contributed by atoms with E-state index in [4.69, 9.17) is 9.57 Å². The van der Waals surface area contributed by atoms with Crippen molar-refractivity contribution in [1.82, 2.24) is 0 Å². The minimum Gasteiger partial charge on any atom is -0.496 e. The Morgan fingerprint density at radius 1 is 1.17 bits per heavy atom. The third kappa shape index (κ3) is 3.02. The minimum atomic E-state index is -0.794. The summed E-state index contributed by atoms with van der Waals surface area (Å²) in [4.78, 5) is 17.0. The second-order valence-electron chi connectivity index (χ2n) is 5.67. The molecule has 24 heavy (non-hydrogen) atoms. The number of carbonyl (C=O) groups excluding carboxylic acids is 1. The van der Waals surface area contributed by atoms with Crippen LogP contribution >= 0.6 is 0 Å². The van der Waals surface area contributed by atoms with Crippen molar-refractivity contribution in [3.8, 4) is 5.75 Å². The lowest BCUT2D eigenvalue weighted by Gasteiger charge is -2.20. The molecule has 0 spiro atoms. The fourth-order valence-electron chi connectivity index (χ4n) is 2.98. The molecule has 0 bridgehead atoms. The number of oxime groups is 1. The average molecular weight is 327 g/mol. The van der Waals surface area contributed by atoms with Gasteiger partial charge in [-0.15, -0.1) is 0 Å². The standard InChI is InChI=1S/C19H18FNO3/c1-12-13-7-5-9-17(14(13)10-11-18(12)23-2)21-24-19(22)15-6-3-4-8-16(15)20/h3-4,6,8,10-11H,5,7,9H2,1-2H3. The summed E-state index contributed by atoms with van der Waals surface area (Å²) >= 11 is 0. The molecule has 0 atom stereocenters. The Kier molecular flexibility index (Phi) is 4.60. The summed E-state index contributed by atoms with van der Waals surface area (Å²) in [5, 5.41) is 4.00. The van der Waals surface area contributed by atoms with Gasteiger partial charge in [-0.2, -0.15) is 0 Å². The third-order valence-corrected chi connectivity index (χ3v) is 4.25. The molecule has 2 aromatic carbocycles.